The summed E-state index contributed by atoms with van der Waals surface area (Å²) in [7, 11) is 0. The summed E-state index contributed by atoms with van der Waals surface area (Å²) >= 11 is 0. The van der Waals surface area contributed by atoms with E-state index >= 15 is 0 Å². The predicted octanol–water partition coefficient (Wildman–Crippen LogP) is 3.66. The Balaban J connectivity index is 1.15. The molecule has 7 nitrogen and oxygen atoms in total. The van der Waals surface area contributed by atoms with Crippen molar-refractivity contribution in [1.29, 1.82) is 0 Å². The quantitative estimate of drug-likeness (QED) is 0.500. The van der Waals surface area contributed by atoms with Gasteiger partial charge in [-0.2, -0.15) is 10.1 Å². The molecule has 7 heteroatoms. The van der Waals surface area contributed by atoms with Crippen LogP contribution in [-0.2, 0) is 13.0 Å². The first-order chi connectivity index (χ1) is 14.8. The average Bonchev–Trinajstić information content (AvgIpc) is 3.22. The smallest absolute Gasteiger partial charge is 0.218 e. The third-order valence-corrected chi connectivity index (χ3v) is 5.25. The summed E-state index contributed by atoms with van der Waals surface area (Å²) in [5.74, 6) is 2.40. The lowest BCUT2D eigenvalue weighted by Crippen LogP contribution is -2.29. The summed E-state index contributed by atoms with van der Waals surface area (Å²) in [4.78, 5) is 11.1. The minimum absolute atomic E-state index is 0.664. The molecule has 1 aromatic carbocycles. The maximum Gasteiger partial charge on any atom is 0.218 e. The molecule has 3 aromatic rings. The first kappa shape index (κ1) is 20.3. The highest BCUT2D eigenvalue weighted by Gasteiger charge is 2.10. The second-order valence-electron chi connectivity index (χ2n) is 7.75. The number of aromatic nitrogens is 4. The molecule has 1 saturated heterocycles. The monoisotopic (exact) mass is 406 g/mol. The molecule has 1 aliphatic rings. The second kappa shape index (κ2) is 10.7. The number of benzene rings is 1. The van der Waals surface area contributed by atoms with E-state index in [0.29, 0.717) is 19.0 Å². The molecule has 158 valence electrons. The van der Waals surface area contributed by atoms with Crippen LogP contribution in [0.5, 0.6) is 5.75 Å². The lowest BCUT2D eigenvalue weighted by Gasteiger charge is -2.26. The predicted molar refractivity (Wildman–Crippen MR) is 118 cm³/mol. The van der Waals surface area contributed by atoms with Crippen LogP contribution in [0.3, 0.4) is 0 Å². The summed E-state index contributed by atoms with van der Waals surface area (Å²) < 4.78 is 5.95. The summed E-state index contributed by atoms with van der Waals surface area (Å²) in [5.41, 5.74) is 2.43. The molecule has 0 radical (unpaired) electrons. The van der Waals surface area contributed by atoms with E-state index < -0.39 is 0 Å². The van der Waals surface area contributed by atoms with Crippen molar-refractivity contribution in [3.8, 4) is 5.75 Å². The fourth-order valence-electron chi connectivity index (χ4n) is 3.72. The Morgan fingerprint density at radius 1 is 1.07 bits per heavy atom. The van der Waals surface area contributed by atoms with Gasteiger partial charge in [0.2, 0.25) is 5.95 Å². The Bertz CT molecular complexity index is 891. The van der Waals surface area contributed by atoms with Crippen LogP contribution in [0.15, 0.2) is 48.8 Å². The number of hydrogen-bond donors (Lipinski definition) is 2. The van der Waals surface area contributed by atoms with Crippen molar-refractivity contribution in [2.24, 2.45) is 0 Å². The summed E-state index contributed by atoms with van der Waals surface area (Å²) in [6, 6.07) is 12.4. The topological polar surface area (TPSA) is 79.0 Å². The number of nitrogens with one attached hydrogen (secondary N) is 2. The van der Waals surface area contributed by atoms with E-state index in [9.17, 15) is 0 Å². The molecule has 2 N–H and O–H groups in total. The Hall–Kier alpha value is -2.93. The number of nitrogens with zero attached hydrogens (tertiary/aromatic N) is 4. The molecule has 0 spiro atoms. The Morgan fingerprint density at radius 2 is 1.97 bits per heavy atom. The highest BCUT2D eigenvalue weighted by Crippen LogP contribution is 2.17. The van der Waals surface area contributed by atoms with E-state index in [0.717, 1.165) is 36.6 Å². The Labute approximate surface area is 177 Å². The van der Waals surface area contributed by atoms with Crippen molar-refractivity contribution < 1.29 is 4.74 Å². The van der Waals surface area contributed by atoms with Gasteiger partial charge in [0.1, 0.15) is 5.75 Å². The van der Waals surface area contributed by atoms with Crippen LogP contribution in [0.2, 0.25) is 0 Å². The third kappa shape index (κ3) is 6.29. The van der Waals surface area contributed by atoms with Gasteiger partial charge in [-0.05, 0) is 61.7 Å². The van der Waals surface area contributed by atoms with Crippen LogP contribution in [0, 0.1) is 0 Å². The number of likely N-dealkylation sites (tertiary alicyclic amines) is 1. The molecule has 0 atom stereocenters. The van der Waals surface area contributed by atoms with Gasteiger partial charge in [0.15, 0.2) is 5.82 Å². The minimum Gasteiger partial charge on any atom is -0.494 e. The van der Waals surface area contributed by atoms with Crippen molar-refractivity contribution in [3.63, 3.8) is 0 Å². The number of H-pyrrole nitrogens is 1. The maximum absolute atomic E-state index is 5.95. The molecule has 0 aliphatic carbocycles. The van der Waals surface area contributed by atoms with Gasteiger partial charge in [0, 0.05) is 31.9 Å². The third-order valence-electron chi connectivity index (χ3n) is 5.25. The van der Waals surface area contributed by atoms with Crippen molar-refractivity contribution in [1.82, 2.24) is 25.1 Å². The van der Waals surface area contributed by atoms with Crippen LogP contribution < -0.4 is 10.1 Å². The zero-order chi connectivity index (χ0) is 20.4. The van der Waals surface area contributed by atoms with E-state index in [1.54, 1.807) is 6.20 Å². The average molecular weight is 407 g/mol. The van der Waals surface area contributed by atoms with Gasteiger partial charge in [-0.1, -0.05) is 24.6 Å². The highest BCUT2D eigenvalue weighted by molar-refractivity contribution is 5.28. The molecule has 1 aliphatic heterocycles. The van der Waals surface area contributed by atoms with Gasteiger partial charge in [0.25, 0.3) is 0 Å². The van der Waals surface area contributed by atoms with Crippen LogP contribution in [0.4, 0.5) is 5.95 Å². The van der Waals surface area contributed by atoms with E-state index in [-0.39, 0.29) is 0 Å². The number of hydrogen-bond acceptors (Lipinski definition) is 6. The van der Waals surface area contributed by atoms with Crippen molar-refractivity contribution >= 4 is 5.95 Å². The number of pyridine rings is 1. The highest BCUT2D eigenvalue weighted by atomic mass is 16.5. The van der Waals surface area contributed by atoms with Gasteiger partial charge >= 0.3 is 0 Å². The molecule has 0 unspecified atom stereocenters. The fourth-order valence-corrected chi connectivity index (χ4v) is 3.72. The Morgan fingerprint density at radius 3 is 2.83 bits per heavy atom. The molecule has 0 bridgehead atoms. The van der Waals surface area contributed by atoms with E-state index in [4.69, 9.17) is 4.74 Å². The van der Waals surface area contributed by atoms with Gasteiger partial charge in [-0.25, -0.2) is 5.10 Å². The molecular weight excluding hydrogens is 376 g/mol. The summed E-state index contributed by atoms with van der Waals surface area (Å²) in [6.45, 7) is 4.88. The zero-order valence-corrected chi connectivity index (χ0v) is 17.4. The lowest BCUT2D eigenvalue weighted by atomic mass is 10.1. The van der Waals surface area contributed by atoms with E-state index in [1.807, 2.05) is 24.4 Å². The molecule has 30 heavy (non-hydrogen) atoms. The number of piperidine rings is 1. The molecular formula is C23H30N6O. The largest absolute Gasteiger partial charge is 0.494 e. The van der Waals surface area contributed by atoms with Gasteiger partial charge in [-0.3, -0.25) is 9.88 Å². The molecule has 0 amide bonds. The van der Waals surface area contributed by atoms with Gasteiger partial charge < -0.3 is 10.1 Å². The maximum atomic E-state index is 5.95. The number of ether oxygens (including phenoxy) is 1. The minimum atomic E-state index is 0.664. The van der Waals surface area contributed by atoms with Crippen molar-refractivity contribution in [2.75, 3.05) is 31.6 Å². The van der Waals surface area contributed by atoms with Crippen LogP contribution in [0.1, 0.15) is 42.6 Å². The summed E-state index contributed by atoms with van der Waals surface area (Å²) in [6.07, 6.45) is 9.16. The van der Waals surface area contributed by atoms with E-state index in [2.05, 4.69) is 48.6 Å². The van der Waals surface area contributed by atoms with E-state index in [1.165, 1.54) is 37.9 Å². The first-order valence-corrected chi connectivity index (χ1v) is 10.8. The summed E-state index contributed by atoms with van der Waals surface area (Å²) in [5, 5.41) is 10.5. The van der Waals surface area contributed by atoms with Gasteiger partial charge in [0.05, 0.1) is 6.61 Å². The zero-order valence-electron chi connectivity index (χ0n) is 17.4. The second-order valence-corrected chi connectivity index (χ2v) is 7.75. The van der Waals surface area contributed by atoms with Gasteiger partial charge in [-0.15, -0.1) is 0 Å². The number of aromatic amines is 1. The van der Waals surface area contributed by atoms with Crippen molar-refractivity contribution in [2.45, 2.75) is 38.6 Å². The van der Waals surface area contributed by atoms with Crippen LogP contribution >= 0.6 is 0 Å². The standard InChI is InChI=1S/C23H30N6O/c1-2-12-29(13-3-1)18-20-7-4-9-21(15-20)30-14-6-11-25-23-26-22(27-28-23)16-19-8-5-10-24-17-19/h4-5,7-10,15,17H,1-3,6,11-14,16,18H2,(H2,25,26,27,28). The Kier molecular flexibility index (Phi) is 7.28. The molecule has 4 rings (SSSR count). The lowest BCUT2D eigenvalue weighted by molar-refractivity contribution is 0.220. The van der Waals surface area contributed by atoms with Crippen LogP contribution in [0.25, 0.3) is 0 Å². The number of rotatable bonds is 10. The fraction of sp³-hybridized carbons (Fsp3) is 0.435. The normalized spacial score (nSPS) is 14.5. The SMILES string of the molecule is c1cncc(Cc2n[nH]c(NCCCOc3cccc(CN4CCCCC4)c3)n2)c1. The molecule has 3 heterocycles. The molecule has 0 saturated carbocycles. The number of anilines is 1. The van der Waals surface area contributed by atoms with Crippen molar-refractivity contribution in [3.05, 3.63) is 65.7 Å². The van der Waals surface area contributed by atoms with Crippen LogP contribution in [-0.4, -0.2) is 51.3 Å². The molecule has 2 aromatic heterocycles. The molecule has 1 fully saturated rings. The first-order valence-electron chi connectivity index (χ1n) is 10.8.